The van der Waals surface area contributed by atoms with Gasteiger partial charge in [0.1, 0.15) is 53.6 Å². The summed E-state index contributed by atoms with van der Waals surface area (Å²) in [5.41, 5.74) is 5.81. The maximum Gasteiger partial charge on any atom is 0.325 e. The number of rotatable bonds is 23. The van der Waals surface area contributed by atoms with E-state index >= 15 is 4.39 Å². The fourth-order valence-corrected chi connectivity index (χ4v) is 11.1. The van der Waals surface area contributed by atoms with Gasteiger partial charge in [0.25, 0.3) is 0 Å². The predicted octanol–water partition coefficient (Wildman–Crippen LogP) is 8.24. The molecule has 10 rings (SSSR count). The van der Waals surface area contributed by atoms with Crippen molar-refractivity contribution < 1.29 is 43.1 Å². The summed E-state index contributed by atoms with van der Waals surface area (Å²) in [4.78, 5) is 39.1. The lowest BCUT2D eigenvalue weighted by Gasteiger charge is -2.28. The molecule has 2 aliphatic carbocycles. The number of carboxylic acid groups (broad SMARTS) is 2. The first kappa shape index (κ1) is 48.3. The minimum absolute atomic E-state index is 0.0112. The van der Waals surface area contributed by atoms with Crippen LogP contribution in [0.5, 0.6) is 11.5 Å². The number of anilines is 2. The molecule has 15 heteroatoms. The van der Waals surface area contributed by atoms with Gasteiger partial charge in [0, 0.05) is 80.4 Å². The molecule has 4 fully saturated rings. The molecular weight excluding hydrogens is 892 g/mol. The number of hydrogen-bond donors (Lipinski definition) is 4. The normalized spacial score (nSPS) is 26.1. The number of aryl methyl sites for hydroxylation is 4. The van der Waals surface area contributed by atoms with Crippen LogP contribution < -0.4 is 20.1 Å². The highest BCUT2D eigenvalue weighted by Crippen LogP contribution is 2.44. The number of fused-ring (bicyclic) bond motifs is 2. The van der Waals surface area contributed by atoms with Crippen LogP contribution in [0.3, 0.4) is 0 Å². The molecule has 4 unspecified atom stereocenters. The predicted molar refractivity (Wildman–Crippen MR) is 263 cm³/mol. The number of aromatic nitrogens is 2. The van der Waals surface area contributed by atoms with E-state index < -0.39 is 36.3 Å². The van der Waals surface area contributed by atoms with Crippen LogP contribution in [0.15, 0.2) is 72.8 Å². The molecule has 14 nitrogen and oxygen atoms in total. The number of nitrogens with zero attached hydrogens (tertiary/aromatic N) is 4. The van der Waals surface area contributed by atoms with Crippen molar-refractivity contribution in [3.05, 3.63) is 106 Å². The van der Waals surface area contributed by atoms with Crippen LogP contribution in [0.25, 0.3) is 0 Å². The number of halogens is 1. The molecule has 4 N–H and O–H groups in total. The lowest BCUT2D eigenvalue weighted by Crippen LogP contribution is -2.34. The zero-order valence-corrected chi connectivity index (χ0v) is 40.4. The van der Waals surface area contributed by atoms with Crippen molar-refractivity contribution in [2.75, 3.05) is 56.6 Å². The summed E-state index contributed by atoms with van der Waals surface area (Å²) in [6.45, 7) is 5.51. The standard InChI is InChI=1S/C55H69FN6O8/c1-34-30-61(32-48(34)67-27-8-6-12-37-21-18-35-11-10-26-57-52(35)58-37)50(54(63)64)41-15-3-5-17-46(41)70-47-29-42(47)44-25-20-36-19-22-38(59-53(36)60-44)13-7-9-28-68-49-33-62(31-43(49)56)51(55(65)66)40-14-2-4-16-45(40)69-39-23-24-39/h2-5,14-19,21-22,34,39,42-44,47-51H,6-13,20,23-33H2,1H3,(H,57,58)(H,59,60)(H,63,64)(H,65,66)/t34?,42?,43-,44?,47?,48+,49+,50-,51+/m1/s1. The van der Waals surface area contributed by atoms with E-state index in [-0.39, 0.29) is 49.3 Å². The van der Waals surface area contributed by atoms with Crippen molar-refractivity contribution in [2.45, 2.75) is 139 Å². The summed E-state index contributed by atoms with van der Waals surface area (Å²) < 4.78 is 40.4. The molecule has 4 aliphatic heterocycles. The SMILES string of the molecule is CC1CN([C@@H](C(=O)O)c2ccccc2OC2CC2C2CCc3ccc(CCCCO[C@H]4CN([C@H](C(=O)O)c5ccccc5OC5CC5)C[C@H]4F)nc3N2)C[C@@H]1OCCCCc1ccc2c(n1)NCCC2. The highest BCUT2D eigenvalue weighted by Gasteiger charge is 2.48. The number of nitrogens with one attached hydrogen (secondary N) is 2. The second-order valence-electron chi connectivity index (χ2n) is 20.5. The quantitative estimate of drug-likeness (QED) is 0.0525. The molecule has 6 heterocycles. The molecular formula is C55H69FN6O8. The number of carboxylic acids is 2. The Balaban J connectivity index is 0.666. The summed E-state index contributed by atoms with van der Waals surface area (Å²) in [7, 11) is 0. The number of ether oxygens (including phenoxy) is 4. The Kier molecular flexibility index (Phi) is 15.2. The van der Waals surface area contributed by atoms with E-state index in [1.165, 1.54) is 11.1 Å². The van der Waals surface area contributed by atoms with Gasteiger partial charge < -0.3 is 39.8 Å². The summed E-state index contributed by atoms with van der Waals surface area (Å²) >= 11 is 0. The molecule has 374 valence electrons. The number of pyridine rings is 2. The van der Waals surface area contributed by atoms with Crippen molar-refractivity contribution in [1.29, 1.82) is 0 Å². The van der Waals surface area contributed by atoms with Gasteiger partial charge in [-0.2, -0.15) is 0 Å². The van der Waals surface area contributed by atoms with Crippen LogP contribution in [0.1, 0.15) is 110 Å². The smallest absolute Gasteiger partial charge is 0.325 e. The van der Waals surface area contributed by atoms with Gasteiger partial charge in [0.15, 0.2) is 0 Å². The Morgan fingerprint density at radius 2 is 1.30 bits per heavy atom. The van der Waals surface area contributed by atoms with Crippen molar-refractivity contribution in [3.63, 3.8) is 0 Å². The van der Waals surface area contributed by atoms with Crippen LogP contribution in [-0.2, 0) is 44.7 Å². The zero-order valence-electron chi connectivity index (χ0n) is 40.4. The molecule has 2 saturated carbocycles. The fourth-order valence-electron chi connectivity index (χ4n) is 11.1. The number of hydrogen-bond acceptors (Lipinski definition) is 12. The number of likely N-dealkylation sites (tertiary alicyclic amines) is 2. The lowest BCUT2D eigenvalue weighted by molar-refractivity contribution is -0.144. The molecule has 9 atom stereocenters. The van der Waals surface area contributed by atoms with Gasteiger partial charge in [-0.25, -0.2) is 14.4 Å². The van der Waals surface area contributed by atoms with Crippen LogP contribution in [0, 0.1) is 11.8 Å². The lowest BCUT2D eigenvalue weighted by atomic mass is 9.97. The Morgan fingerprint density at radius 1 is 0.700 bits per heavy atom. The molecule has 2 aromatic carbocycles. The Morgan fingerprint density at radius 3 is 1.97 bits per heavy atom. The molecule has 4 aromatic rings. The van der Waals surface area contributed by atoms with Gasteiger partial charge in [0.2, 0.25) is 0 Å². The summed E-state index contributed by atoms with van der Waals surface area (Å²) in [5, 5.41) is 28.0. The number of para-hydroxylation sites is 2. The minimum Gasteiger partial charge on any atom is -0.490 e. The maximum absolute atomic E-state index is 15.3. The topological polar surface area (TPSA) is 168 Å². The first-order valence-electron chi connectivity index (χ1n) is 25.9. The first-order valence-corrected chi connectivity index (χ1v) is 25.9. The van der Waals surface area contributed by atoms with E-state index in [0.29, 0.717) is 48.9 Å². The maximum atomic E-state index is 15.3. The molecule has 2 aromatic heterocycles. The van der Waals surface area contributed by atoms with Crippen LogP contribution in [0.4, 0.5) is 16.0 Å². The third kappa shape index (κ3) is 11.5. The Bertz CT molecular complexity index is 2460. The first-order chi connectivity index (χ1) is 34.1. The average Bonchev–Trinajstić information content (AvgIpc) is 4.27. The highest BCUT2D eigenvalue weighted by molar-refractivity contribution is 5.77. The number of unbranched alkanes of at least 4 members (excludes halogenated alkanes) is 2. The van der Waals surface area contributed by atoms with Gasteiger partial charge in [-0.1, -0.05) is 55.5 Å². The summed E-state index contributed by atoms with van der Waals surface area (Å²) in [6.07, 6.45) is 10.1. The van der Waals surface area contributed by atoms with Crippen molar-refractivity contribution >= 4 is 23.6 Å². The molecule has 0 spiro atoms. The Hall–Kier alpha value is -5.35. The average molecular weight is 961 g/mol. The van der Waals surface area contributed by atoms with Crippen molar-refractivity contribution in [2.24, 2.45) is 11.8 Å². The molecule has 2 saturated heterocycles. The zero-order chi connectivity index (χ0) is 48.1. The largest absolute Gasteiger partial charge is 0.490 e. The number of benzene rings is 2. The van der Waals surface area contributed by atoms with Gasteiger partial charge in [0.05, 0.1) is 12.2 Å². The third-order valence-electron chi connectivity index (χ3n) is 15.2. The van der Waals surface area contributed by atoms with Crippen molar-refractivity contribution in [3.8, 4) is 11.5 Å². The van der Waals surface area contributed by atoms with E-state index in [1.807, 2.05) is 35.2 Å². The number of alkyl halides is 1. The molecule has 0 amide bonds. The van der Waals surface area contributed by atoms with E-state index in [4.69, 9.17) is 28.9 Å². The number of carbonyl (C=O) groups is 2. The highest BCUT2D eigenvalue weighted by atomic mass is 19.1. The molecule has 70 heavy (non-hydrogen) atoms. The second-order valence-corrected chi connectivity index (χ2v) is 20.5. The minimum atomic E-state index is -1.28. The molecule has 6 aliphatic rings. The fraction of sp³-hybridized carbons (Fsp3) is 0.564. The van der Waals surface area contributed by atoms with Gasteiger partial charge in [-0.3, -0.25) is 19.4 Å². The van der Waals surface area contributed by atoms with Crippen LogP contribution in [-0.4, -0.2) is 124 Å². The monoisotopic (exact) mass is 961 g/mol. The Labute approximate surface area is 410 Å². The summed E-state index contributed by atoms with van der Waals surface area (Å²) in [5.74, 6) is 1.68. The van der Waals surface area contributed by atoms with Crippen molar-refractivity contribution in [1.82, 2.24) is 19.8 Å². The number of aliphatic carboxylic acids is 2. The van der Waals surface area contributed by atoms with Crippen LogP contribution >= 0.6 is 0 Å². The van der Waals surface area contributed by atoms with Crippen LogP contribution in [0.2, 0.25) is 0 Å². The van der Waals surface area contributed by atoms with E-state index in [9.17, 15) is 19.8 Å². The summed E-state index contributed by atoms with van der Waals surface area (Å²) in [6, 6.07) is 21.8. The molecule has 0 radical (unpaired) electrons. The van der Waals surface area contributed by atoms with E-state index in [0.717, 1.165) is 113 Å². The van der Waals surface area contributed by atoms with Gasteiger partial charge in [-0.15, -0.1) is 0 Å². The van der Waals surface area contributed by atoms with E-state index in [1.54, 1.807) is 23.1 Å². The second kappa shape index (κ2) is 22.0. The van der Waals surface area contributed by atoms with Gasteiger partial charge in [-0.05, 0) is 125 Å². The van der Waals surface area contributed by atoms with Gasteiger partial charge >= 0.3 is 11.9 Å². The third-order valence-corrected chi connectivity index (χ3v) is 15.2. The molecule has 0 bridgehead atoms. The van der Waals surface area contributed by atoms with E-state index in [2.05, 4.69) is 41.8 Å².